The minimum atomic E-state index is 0.0134. The van der Waals surface area contributed by atoms with Gasteiger partial charge in [0.15, 0.2) is 0 Å². The molecule has 19 heavy (non-hydrogen) atoms. The highest BCUT2D eigenvalue weighted by atomic mass is 16.1. The van der Waals surface area contributed by atoms with Gasteiger partial charge in [-0.05, 0) is 23.7 Å². The van der Waals surface area contributed by atoms with Gasteiger partial charge >= 0.3 is 0 Å². The van der Waals surface area contributed by atoms with Gasteiger partial charge in [0.25, 0.3) is 0 Å². The molecule has 1 heterocycles. The number of carbonyl (C=O) groups is 1. The predicted octanol–water partition coefficient (Wildman–Crippen LogP) is 1.30. The lowest BCUT2D eigenvalue weighted by Gasteiger charge is -2.06. The number of hydrogen-bond donors (Lipinski definition) is 3. The number of benzene rings is 1. The Morgan fingerprint density at radius 3 is 2.68 bits per heavy atom. The predicted molar refractivity (Wildman–Crippen MR) is 74.4 cm³/mol. The normalized spacial score (nSPS) is 10.4. The van der Waals surface area contributed by atoms with Crippen molar-refractivity contribution in [2.45, 2.75) is 13.5 Å². The smallest absolute Gasteiger partial charge is 0.234 e. The number of aromatic amines is 1. The molecule has 0 aliphatic carbocycles. The molecule has 1 amide bonds. The average Bonchev–Trinajstić information content (AvgIpc) is 2.97. The van der Waals surface area contributed by atoms with Crippen LogP contribution < -0.4 is 10.6 Å². The van der Waals surface area contributed by atoms with Crippen LogP contribution in [0, 0.1) is 0 Å². The third-order valence-electron chi connectivity index (χ3n) is 2.79. The Hall–Kier alpha value is -2.14. The summed E-state index contributed by atoms with van der Waals surface area (Å²) in [5.41, 5.74) is 3.15. The van der Waals surface area contributed by atoms with Gasteiger partial charge in [-0.25, -0.2) is 0 Å². The molecule has 0 saturated heterocycles. The molecular weight excluding hydrogens is 240 g/mol. The van der Waals surface area contributed by atoms with Crippen LogP contribution in [-0.4, -0.2) is 29.2 Å². The van der Waals surface area contributed by atoms with Crippen molar-refractivity contribution < 1.29 is 4.79 Å². The first kappa shape index (κ1) is 13.3. The van der Waals surface area contributed by atoms with Crippen molar-refractivity contribution in [3.63, 3.8) is 0 Å². The van der Waals surface area contributed by atoms with Gasteiger partial charge in [-0.15, -0.1) is 0 Å². The van der Waals surface area contributed by atoms with E-state index < -0.39 is 0 Å². The second-order valence-corrected chi connectivity index (χ2v) is 4.22. The lowest BCUT2D eigenvalue weighted by atomic mass is 10.1. The van der Waals surface area contributed by atoms with Gasteiger partial charge < -0.3 is 10.6 Å². The molecule has 2 rings (SSSR count). The van der Waals surface area contributed by atoms with Crippen molar-refractivity contribution in [1.82, 2.24) is 20.8 Å². The molecule has 0 saturated carbocycles. The maximum absolute atomic E-state index is 11.4. The summed E-state index contributed by atoms with van der Waals surface area (Å²) in [6.45, 7) is 3.68. The lowest BCUT2D eigenvalue weighted by molar-refractivity contribution is -0.120. The van der Waals surface area contributed by atoms with Gasteiger partial charge in [0.2, 0.25) is 5.91 Å². The maximum atomic E-state index is 11.4. The quantitative estimate of drug-likeness (QED) is 0.731. The van der Waals surface area contributed by atoms with Crippen LogP contribution in [0.5, 0.6) is 0 Å². The molecule has 5 heteroatoms. The van der Waals surface area contributed by atoms with E-state index in [1.165, 1.54) is 0 Å². The molecule has 0 unspecified atom stereocenters. The monoisotopic (exact) mass is 258 g/mol. The Bertz CT molecular complexity index is 505. The highest BCUT2D eigenvalue weighted by Gasteiger charge is 2.01. The molecule has 0 atom stereocenters. The summed E-state index contributed by atoms with van der Waals surface area (Å²) in [4.78, 5) is 11.4. The highest BCUT2D eigenvalue weighted by molar-refractivity contribution is 5.78. The van der Waals surface area contributed by atoms with Crippen molar-refractivity contribution in [3.8, 4) is 11.3 Å². The number of nitrogens with zero attached hydrogens (tertiary/aromatic N) is 1. The van der Waals surface area contributed by atoms with E-state index in [4.69, 9.17) is 0 Å². The van der Waals surface area contributed by atoms with Crippen LogP contribution in [0.3, 0.4) is 0 Å². The van der Waals surface area contributed by atoms with Crippen LogP contribution >= 0.6 is 0 Å². The van der Waals surface area contributed by atoms with E-state index in [9.17, 15) is 4.79 Å². The van der Waals surface area contributed by atoms with Crippen molar-refractivity contribution in [2.24, 2.45) is 0 Å². The molecule has 1 aromatic heterocycles. The van der Waals surface area contributed by atoms with E-state index in [0.29, 0.717) is 13.1 Å². The number of nitrogens with one attached hydrogen (secondary N) is 3. The number of likely N-dealkylation sites (N-methyl/N-ethyl adjacent to an activating group) is 1. The number of hydrogen-bond acceptors (Lipinski definition) is 3. The summed E-state index contributed by atoms with van der Waals surface area (Å²) >= 11 is 0. The van der Waals surface area contributed by atoms with E-state index in [1.807, 2.05) is 37.3 Å². The molecule has 100 valence electrons. The van der Waals surface area contributed by atoms with Crippen LogP contribution in [0.1, 0.15) is 12.5 Å². The fraction of sp³-hybridized carbons (Fsp3) is 0.286. The Balaban J connectivity index is 1.87. The Kier molecular flexibility index (Phi) is 4.69. The second-order valence-electron chi connectivity index (χ2n) is 4.22. The number of H-pyrrole nitrogens is 1. The summed E-state index contributed by atoms with van der Waals surface area (Å²) in [5, 5.41) is 12.7. The minimum Gasteiger partial charge on any atom is -0.351 e. The Morgan fingerprint density at radius 1 is 1.26 bits per heavy atom. The first-order valence-electron chi connectivity index (χ1n) is 6.35. The van der Waals surface area contributed by atoms with Crippen molar-refractivity contribution in [3.05, 3.63) is 42.1 Å². The zero-order chi connectivity index (χ0) is 13.5. The van der Waals surface area contributed by atoms with Crippen molar-refractivity contribution >= 4 is 5.91 Å². The van der Waals surface area contributed by atoms with Crippen molar-refractivity contribution in [1.29, 1.82) is 0 Å². The topological polar surface area (TPSA) is 69.8 Å². The summed E-state index contributed by atoms with van der Waals surface area (Å²) in [6, 6.07) is 9.96. The minimum absolute atomic E-state index is 0.0134. The average molecular weight is 258 g/mol. The van der Waals surface area contributed by atoms with Gasteiger partial charge in [-0.3, -0.25) is 9.89 Å². The first-order chi connectivity index (χ1) is 9.29. The van der Waals surface area contributed by atoms with Gasteiger partial charge in [-0.1, -0.05) is 31.2 Å². The van der Waals surface area contributed by atoms with Gasteiger partial charge in [0.05, 0.1) is 12.2 Å². The van der Waals surface area contributed by atoms with Crippen molar-refractivity contribution in [2.75, 3.05) is 13.1 Å². The van der Waals surface area contributed by atoms with E-state index in [1.54, 1.807) is 6.20 Å². The van der Waals surface area contributed by atoms with E-state index >= 15 is 0 Å². The first-order valence-corrected chi connectivity index (χ1v) is 6.35. The molecule has 0 spiro atoms. The lowest BCUT2D eigenvalue weighted by Crippen LogP contribution is -2.33. The molecule has 2 aromatic rings. The van der Waals surface area contributed by atoms with E-state index in [0.717, 1.165) is 23.4 Å². The molecule has 0 aliphatic heterocycles. The van der Waals surface area contributed by atoms with Gasteiger partial charge in [0, 0.05) is 12.7 Å². The van der Waals surface area contributed by atoms with Crippen LogP contribution in [0.15, 0.2) is 36.5 Å². The van der Waals surface area contributed by atoms with E-state index in [-0.39, 0.29) is 5.91 Å². The Morgan fingerprint density at radius 2 is 2.05 bits per heavy atom. The SMILES string of the molecule is CCNCC(=O)NCc1ccc(-c2ccn[nH]2)cc1. The zero-order valence-corrected chi connectivity index (χ0v) is 10.9. The fourth-order valence-corrected chi connectivity index (χ4v) is 1.72. The number of amides is 1. The molecule has 3 N–H and O–H groups in total. The van der Waals surface area contributed by atoms with Crippen LogP contribution in [0.2, 0.25) is 0 Å². The molecule has 0 fully saturated rings. The number of rotatable bonds is 6. The van der Waals surface area contributed by atoms with Crippen LogP contribution in [-0.2, 0) is 11.3 Å². The fourth-order valence-electron chi connectivity index (χ4n) is 1.72. The summed E-state index contributed by atoms with van der Waals surface area (Å²) in [7, 11) is 0. The van der Waals surface area contributed by atoms with Gasteiger partial charge in [0.1, 0.15) is 0 Å². The molecule has 0 bridgehead atoms. The van der Waals surface area contributed by atoms with Crippen LogP contribution in [0.25, 0.3) is 11.3 Å². The second kappa shape index (κ2) is 6.70. The van der Waals surface area contributed by atoms with Crippen LogP contribution in [0.4, 0.5) is 0 Å². The molecular formula is C14H18N4O. The standard InChI is InChI=1S/C14H18N4O/c1-2-15-10-14(19)16-9-11-3-5-12(6-4-11)13-7-8-17-18-13/h3-8,15H,2,9-10H2,1H3,(H,16,19)(H,17,18). The zero-order valence-electron chi connectivity index (χ0n) is 10.9. The molecule has 5 nitrogen and oxygen atoms in total. The van der Waals surface area contributed by atoms with E-state index in [2.05, 4.69) is 20.8 Å². The number of carbonyl (C=O) groups excluding carboxylic acids is 1. The molecule has 1 aromatic carbocycles. The maximum Gasteiger partial charge on any atom is 0.234 e. The summed E-state index contributed by atoms with van der Waals surface area (Å²) in [6.07, 6.45) is 1.73. The highest BCUT2D eigenvalue weighted by Crippen LogP contribution is 2.16. The summed E-state index contributed by atoms with van der Waals surface area (Å²) in [5.74, 6) is 0.0134. The molecule has 0 radical (unpaired) electrons. The Labute approximate surface area is 112 Å². The van der Waals surface area contributed by atoms with Gasteiger partial charge in [-0.2, -0.15) is 5.10 Å². The molecule has 0 aliphatic rings. The largest absolute Gasteiger partial charge is 0.351 e. The summed E-state index contributed by atoms with van der Waals surface area (Å²) < 4.78 is 0. The number of aromatic nitrogens is 2. The third kappa shape index (κ3) is 3.93. The third-order valence-corrected chi connectivity index (χ3v) is 2.79.